The molecule has 0 radical (unpaired) electrons. The van der Waals surface area contributed by atoms with E-state index in [-0.39, 0.29) is 0 Å². The Morgan fingerprint density at radius 3 is 2.21 bits per heavy atom. The van der Waals surface area contributed by atoms with E-state index in [0.717, 1.165) is 19.6 Å². The molecule has 0 fully saturated rings. The number of hydrogen-bond acceptors (Lipinski definition) is 2. The number of benzene rings is 1. The molecule has 0 bridgehead atoms. The SMILES string of the molecule is CCCCN(CCCC)c1ccc(C=CC2=CCN(C)C=C2)cc1. The van der Waals surface area contributed by atoms with Gasteiger partial charge in [0.2, 0.25) is 0 Å². The van der Waals surface area contributed by atoms with Gasteiger partial charge in [0.15, 0.2) is 0 Å². The van der Waals surface area contributed by atoms with Gasteiger partial charge in [0.25, 0.3) is 0 Å². The predicted octanol–water partition coefficient (Wildman–Crippen LogP) is 5.49. The molecule has 24 heavy (non-hydrogen) atoms. The predicted molar refractivity (Wildman–Crippen MR) is 107 cm³/mol. The molecule has 2 nitrogen and oxygen atoms in total. The Morgan fingerprint density at radius 1 is 1.00 bits per heavy atom. The Kier molecular flexibility index (Phi) is 7.67. The second kappa shape index (κ2) is 10.0. The summed E-state index contributed by atoms with van der Waals surface area (Å²) < 4.78 is 0. The average Bonchev–Trinajstić information content (AvgIpc) is 2.62. The van der Waals surface area contributed by atoms with Crippen LogP contribution < -0.4 is 4.90 Å². The molecule has 0 atom stereocenters. The van der Waals surface area contributed by atoms with Crippen molar-refractivity contribution in [2.24, 2.45) is 0 Å². The van der Waals surface area contributed by atoms with Gasteiger partial charge in [-0.2, -0.15) is 0 Å². The van der Waals surface area contributed by atoms with Crippen molar-refractivity contribution < 1.29 is 0 Å². The number of anilines is 1. The van der Waals surface area contributed by atoms with Crippen LogP contribution in [-0.4, -0.2) is 31.6 Å². The molecular weight excluding hydrogens is 292 g/mol. The van der Waals surface area contributed by atoms with Gasteiger partial charge in [-0.3, -0.25) is 0 Å². The van der Waals surface area contributed by atoms with Crippen molar-refractivity contribution in [1.82, 2.24) is 4.90 Å². The van der Waals surface area contributed by atoms with Gasteiger partial charge in [0, 0.05) is 32.4 Å². The van der Waals surface area contributed by atoms with Crippen LogP contribution in [0, 0.1) is 0 Å². The van der Waals surface area contributed by atoms with Crippen LogP contribution in [0.4, 0.5) is 5.69 Å². The first-order valence-electron chi connectivity index (χ1n) is 9.34. The smallest absolute Gasteiger partial charge is 0.0366 e. The quantitative estimate of drug-likeness (QED) is 0.592. The largest absolute Gasteiger partial charge is 0.377 e. The lowest BCUT2D eigenvalue weighted by molar-refractivity contribution is 0.503. The van der Waals surface area contributed by atoms with E-state index in [9.17, 15) is 0 Å². The molecule has 1 aliphatic rings. The molecule has 2 heteroatoms. The summed E-state index contributed by atoms with van der Waals surface area (Å²) in [4.78, 5) is 4.70. The maximum Gasteiger partial charge on any atom is 0.0366 e. The zero-order valence-corrected chi connectivity index (χ0v) is 15.5. The third-order valence-corrected chi connectivity index (χ3v) is 4.43. The highest BCUT2D eigenvalue weighted by atomic mass is 15.1. The van der Waals surface area contributed by atoms with Gasteiger partial charge in [0.1, 0.15) is 0 Å². The van der Waals surface area contributed by atoms with Gasteiger partial charge in [0.05, 0.1) is 0 Å². The number of hydrogen-bond donors (Lipinski definition) is 0. The number of nitrogens with zero attached hydrogens (tertiary/aromatic N) is 2. The fraction of sp³-hybridized carbons (Fsp3) is 0.455. The highest BCUT2D eigenvalue weighted by Crippen LogP contribution is 2.18. The van der Waals surface area contributed by atoms with Gasteiger partial charge in [-0.1, -0.05) is 57.0 Å². The van der Waals surface area contributed by atoms with Crippen LogP contribution in [0.25, 0.3) is 6.08 Å². The summed E-state index contributed by atoms with van der Waals surface area (Å²) in [6, 6.07) is 9.00. The van der Waals surface area contributed by atoms with Crippen molar-refractivity contribution in [3.63, 3.8) is 0 Å². The minimum absolute atomic E-state index is 0.985. The molecule has 1 aliphatic heterocycles. The Balaban J connectivity index is 1.98. The van der Waals surface area contributed by atoms with Crippen LogP contribution >= 0.6 is 0 Å². The number of rotatable bonds is 9. The van der Waals surface area contributed by atoms with E-state index in [4.69, 9.17) is 0 Å². The summed E-state index contributed by atoms with van der Waals surface area (Å²) in [6.07, 6.45) is 16.0. The van der Waals surface area contributed by atoms with Gasteiger partial charge in [-0.25, -0.2) is 0 Å². The molecule has 0 amide bonds. The summed E-state index contributed by atoms with van der Waals surface area (Å²) in [5, 5.41) is 0. The van der Waals surface area contributed by atoms with Crippen LogP contribution in [0.1, 0.15) is 45.1 Å². The molecular formula is C22H32N2. The molecule has 0 saturated heterocycles. The van der Waals surface area contributed by atoms with Crippen LogP contribution in [-0.2, 0) is 0 Å². The number of unbranched alkanes of at least 4 members (excludes halogenated alkanes) is 2. The molecule has 0 N–H and O–H groups in total. The third kappa shape index (κ3) is 5.92. The van der Waals surface area contributed by atoms with E-state index < -0.39 is 0 Å². The highest BCUT2D eigenvalue weighted by Gasteiger charge is 2.05. The van der Waals surface area contributed by atoms with E-state index in [0.29, 0.717) is 0 Å². The van der Waals surface area contributed by atoms with Gasteiger partial charge < -0.3 is 9.80 Å². The topological polar surface area (TPSA) is 6.48 Å². The normalized spacial score (nSPS) is 14.3. The zero-order chi connectivity index (χ0) is 17.2. The van der Waals surface area contributed by atoms with E-state index >= 15 is 0 Å². The average molecular weight is 325 g/mol. The molecule has 0 spiro atoms. The molecule has 1 aromatic carbocycles. The van der Waals surface area contributed by atoms with E-state index in [1.54, 1.807) is 0 Å². The third-order valence-electron chi connectivity index (χ3n) is 4.43. The maximum atomic E-state index is 2.53. The fourth-order valence-corrected chi connectivity index (χ4v) is 2.77. The second-order valence-electron chi connectivity index (χ2n) is 6.58. The van der Waals surface area contributed by atoms with E-state index in [1.165, 1.54) is 42.5 Å². The van der Waals surface area contributed by atoms with Gasteiger partial charge in [-0.15, -0.1) is 0 Å². The summed E-state index contributed by atoms with van der Waals surface area (Å²) in [6.45, 7) is 7.84. The van der Waals surface area contributed by atoms with Crippen LogP contribution in [0.3, 0.4) is 0 Å². The molecule has 0 unspecified atom stereocenters. The summed E-state index contributed by atoms with van der Waals surface area (Å²) in [7, 11) is 2.09. The lowest BCUT2D eigenvalue weighted by atomic mass is 10.1. The van der Waals surface area contributed by atoms with Crippen molar-refractivity contribution >= 4 is 11.8 Å². The van der Waals surface area contributed by atoms with Crippen molar-refractivity contribution in [1.29, 1.82) is 0 Å². The molecule has 0 saturated carbocycles. The summed E-state index contributed by atoms with van der Waals surface area (Å²) >= 11 is 0. The molecule has 0 aliphatic carbocycles. The number of allylic oxidation sites excluding steroid dienone is 3. The van der Waals surface area contributed by atoms with Crippen LogP contribution in [0.15, 0.2) is 54.3 Å². The van der Waals surface area contributed by atoms with Gasteiger partial charge >= 0.3 is 0 Å². The highest BCUT2D eigenvalue weighted by molar-refractivity contribution is 5.59. The first kappa shape index (κ1) is 18.4. The Labute approximate surface area is 148 Å². The summed E-state index contributed by atoms with van der Waals surface area (Å²) in [5.74, 6) is 0. The lowest BCUT2D eigenvalue weighted by Crippen LogP contribution is -2.25. The van der Waals surface area contributed by atoms with Crippen LogP contribution in [0.2, 0.25) is 0 Å². The van der Waals surface area contributed by atoms with Gasteiger partial charge in [-0.05, 0) is 48.4 Å². The summed E-state index contributed by atoms with van der Waals surface area (Å²) in [5.41, 5.74) is 3.90. The second-order valence-corrected chi connectivity index (χ2v) is 6.58. The maximum absolute atomic E-state index is 2.53. The monoisotopic (exact) mass is 324 g/mol. The Morgan fingerprint density at radius 2 is 1.67 bits per heavy atom. The first-order chi connectivity index (χ1) is 11.7. The van der Waals surface area contributed by atoms with E-state index in [1.807, 2.05) is 0 Å². The van der Waals surface area contributed by atoms with Crippen LogP contribution in [0.5, 0.6) is 0 Å². The molecule has 0 aromatic heterocycles. The Bertz CT molecular complexity index is 558. The Hall–Kier alpha value is -1.96. The first-order valence-corrected chi connectivity index (χ1v) is 9.34. The zero-order valence-electron chi connectivity index (χ0n) is 15.5. The standard InChI is InChI=1S/C22H32N2/c1-4-6-16-24(17-7-5-2)22-12-10-20(11-13-22)8-9-21-14-18-23(3)19-15-21/h8-15,18H,4-7,16-17,19H2,1-3H3. The molecule has 1 heterocycles. The minimum atomic E-state index is 0.985. The van der Waals surface area contributed by atoms with Crippen molar-refractivity contribution in [3.8, 4) is 0 Å². The number of likely N-dealkylation sites (N-methyl/N-ethyl adjacent to an activating group) is 1. The van der Waals surface area contributed by atoms with Crippen molar-refractivity contribution in [3.05, 3.63) is 59.8 Å². The fourth-order valence-electron chi connectivity index (χ4n) is 2.77. The van der Waals surface area contributed by atoms with Crippen molar-refractivity contribution in [2.45, 2.75) is 39.5 Å². The molecule has 130 valence electrons. The van der Waals surface area contributed by atoms with E-state index in [2.05, 4.69) is 85.5 Å². The lowest BCUT2D eigenvalue weighted by Gasteiger charge is -2.24. The van der Waals surface area contributed by atoms with Crippen molar-refractivity contribution in [2.75, 3.05) is 31.6 Å². The minimum Gasteiger partial charge on any atom is -0.377 e. The molecule has 2 rings (SSSR count). The molecule has 1 aromatic rings.